The van der Waals surface area contributed by atoms with Gasteiger partial charge in [-0.3, -0.25) is 4.68 Å². The number of nitrogens with one attached hydrogen (secondary N) is 1. The molecule has 0 aliphatic heterocycles. The van der Waals surface area contributed by atoms with Gasteiger partial charge in [0.25, 0.3) is 0 Å². The smallest absolute Gasteiger partial charge is 0.0969 e. The third-order valence-electron chi connectivity index (χ3n) is 4.04. The third-order valence-corrected chi connectivity index (χ3v) is 4.04. The lowest BCUT2D eigenvalue weighted by molar-refractivity contribution is 0.363. The Morgan fingerprint density at radius 1 is 1.13 bits per heavy atom. The van der Waals surface area contributed by atoms with Gasteiger partial charge in [-0.2, -0.15) is 5.10 Å². The van der Waals surface area contributed by atoms with Gasteiger partial charge in [-0.05, 0) is 38.5 Å². The maximum Gasteiger partial charge on any atom is 0.0969 e. The molecule has 3 aromatic rings. The molecule has 0 amide bonds. The number of hydrogen-bond acceptors (Lipinski definition) is 4. The minimum atomic E-state index is 0.271. The summed E-state index contributed by atoms with van der Waals surface area (Å²) in [5.74, 6) is 0. The molecule has 0 radical (unpaired) electrons. The van der Waals surface area contributed by atoms with Crippen LogP contribution in [0, 0.1) is 6.92 Å². The van der Waals surface area contributed by atoms with Crippen LogP contribution in [0.3, 0.4) is 0 Å². The van der Waals surface area contributed by atoms with Crippen LogP contribution in [-0.2, 0) is 6.54 Å². The van der Waals surface area contributed by atoms with E-state index in [0.717, 1.165) is 11.4 Å². The van der Waals surface area contributed by atoms with E-state index < -0.39 is 0 Å². The van der Waals surface area contributed by atoms with E-state index in [1.165, 1.54) is 5.56 Å². The summed E-state index contributed by atoms with van der Waals surface area (Å²) >= 11 is 0. The predicted octanol–water partition coefficient (Wildman–Crippen LogP) is 2.51. The first-order valence-corrected chi connectivity index (χ1v) is 7.84. The van der Waals surface area contributed by atoms with Gasteiger partial charge >= 0.3 is 0 Å². The van der Waals surface area contributed by atoms with E-state index >= 15 is 0 Å². The van der Waals surface area contributed by atoms with Crippen molar-refractivity contribution in [3.8, 4) is 5.69 Å². The Morgan fingerprint density at radius 2 is 1.91 bits per heavy atom. The van der Waals surface area contributed by atoms with Crippen LogP contribution < -0.4 is 5.32 Å². The van der Waals surface area contributed by atoms with Crippen molar-refractivity contribution >= 4 is 0 Å². The molecule has 3 rings (SSSR count). The molecular weight excluding hydrogens is 288 g/mol. The number of rotatable bonds is 6. The quantitative estimate of drug-likeness (QED) is 0.760. The van der Waals surface area contributed by atoms with Crippen LogP contribution in [0.4, 0.5) is 0 Å². The average Bonchev–Trinajstić information content (AvgIpc) is 3.22. The molecule has 0 fully saturated rings. The second-order valence-corrected chi connectivity index (χ2v) is 5.90. The number of aromatic nitrogens is 5. The van der Waals surface area contributed by atoms with Crippen molar-refractivity contribution in [2.75, 3.05) is 0 Å². The summed E-state index contributed by atoms with van der Waals surface area (Å²) < 4.78 is 3.79. The van der Waals surface area contributed by atoms with E-state index in [1.54, 1.807) is 4.68 Å². The first-order chi connectivity index (χ1) is 11.1. The van der Waals surface area contributed by atoms with Gasteiger partial charge in [-0.15, -0.1) is 5.10 Å². The van der Waals surface area contributed by atoms with Crippen molar-refractivity contribution in [1.29, 1.82) is 0 Å². The summed E-state index contributed by atoms with van der Waals surface area (Å²) in [4.78, 5) is 0. The molecule has 0 aliphatic carbocycles. The zero-order valence-electron chi connectivity index (χ0n) is 13.7. The summed E-state index contributed by atoms with van der Waals surface area (Å²) in [6.07, 6.45) is 5.90. The minimum absolute atomic E-state index is 0.271. The lowest BCUT2D eigenvalue weighted by Gasteiger charge is -2.21. The number of aryl methyl sites for hydroxylation is 1. The molecule has 6 heteroatoms. The van der Waals surface area contributed by atoms with Crippen LogP contribution in [0.25, 0.3) is 5.69 Å². The fraction of sp³-hybridized carbons (Fsp3) is 0.353. The first kappa shape index (κ1) is 15.4. The highest BCUT2D eigenvalue weighted by Gasteiger charge is 2.15. The topological polar surface area (TPSA) is 60.6 Å². The van der Waals surface area contributed by atoms with Crippen LogP contribution in [0.2, 0.25) is 0 Å². The number of benzene rings is 1. The standard InChI is InChI=1S/C17H22N6/c1-13-9-19-22(11-13)15(3)14(2)18-10-16-12-23(21-20-16)17-7-5-4-6-8-17/h4-9,11-12,14-15,18H,10H2,1-3H3/t14-,15+/m0/s1. The molecule has 2 heterocycles. The van der Waals surface area contributed by atoms with E-state index in [4.69, 9.17) is 0 Å². The van der Waals surface area contributed by atoms with Gasteiger partial charge in [0.05, 0.1) is 29.8 Å². The maximum atomic E-state index is 4.38. The zero-order valence-corrected chi connectivity index (χ0v) is 13.7. The molecule has 0 unspecified atom stereocenters. The Morgan fingerprint density at radius 3 is 2.61 bits per heavy atom. The highest BCUT2D eigenvalue weighted by atomic mass is 15.4. The van der Waals surface area contributed by atoms with Crippen molar-refractivity contribution in [2.45, 2.75) is 39.4 Å². The Hall–Kier alpha value is -2.47. The van der Waals surface area contributed by atoms with Gasteiger partial charge in [0.2, 0.25) is 0 Å². The SMILES string of the molecule is Cc1cnn([C@H](C)[C@H](C)NCc2cn(-c3ccccc3)nn2)c1. The van der Waals surface area contributed by atoms with Gasteiger partial charge < -0.3 is 5.32 Å². The van der Waals surface area contributed by atoms with Crippen molar-refractivity contribution in [2.24, 2.45) is 0 Å². The Bertz CT molecular complexity index is 745. The molecule has 2 aromatic heterocycles. The Kier molecular flexibility index (Phi) is 4.52. The number of para-hydroxylation sites is 1. The molecule has 2 atom stereocenters. The zero-order chi connectivity index (χ0) is 16.2. The minimum Gasteiger partial charge on any atom is -0.306 e. The van der Waals surface area contributed by atoms with Gasteiger partial charge in [0, 0.05) is 18.8 Å². The van der Waals surface area contributed by atoms with E-state index in [1.807, 2.05) is 47.4 Å². The number of hydrogen-bond donors (Lipinski definition) is 1. The van der Waals surface area contributed by atoms with Gasteiger partial charge in [-0.1, -0.05) is 23.4 Å². The largest absolute Gasteiger partial charge is 0.306 e. The lowest BCUT2D eigenvalue weighted by atomic mass is 10.1. The van der Waals surface area contributed by atoms with Gasteiger partial charge in [-0.25, -0.2) is 4.68 Å². The Labute approximate surface area is 136 Å². The van der Waals surface area contributed by atoms with Crippen LogP contribution in [0.1, 0.15) is 31.1 Å². The highest BCUT2D eigenvalue weighted by molar-refractivity contribution is 5.29. The summed E-state index contributed by atoms with van der Waals surface area (Å²) in [5.41, 5.74) is 3.11. The molecule has 120 valence electrons. The lowest BCUT2D eigenvalue weighted by Crippen LogP contribution is -2.33. The molecule has 1 N–H and O–H groups in total. The number of nitrogens with zero attached hydrogens (tertiary/aromatic N) is 5. The summed E-state index contributed by atoms with van der Waals surface area (Å²) in [5, 5.41) is 16.3. The van der Waals surface area contributed by atoms with Crippen LogP contribution in [0.5, 0.6) is 0 Å². The molecule has 6 nitrogen and oxygen atoms in total. The van der Waals surface area contributed by atoms with Crippen molar-refractivity contribution in [3.05, 3.63) is 60.2 Å². The van der Waals surface area contributed by atoms with E-state index in [9.17, 15) is 0 Å². The maximum absolute atomic E-state index is 4.38. The molecule has 0 aliphatic rings. The fourth-order valence-corrected chi connectivity index (χ4v) is 2.41. The van der Waals surface area contributed by atoms with Crippen LogP contribution in [-0.4, -0.2) is 30.8 Å². The molecule has 23 heavy (non-hydrogen) atoms. The molecule has 0 saturated carbocycles. The third kappa shape index (κ3) is 3.65. The monoisotopic (exact) mass is 310 g/mol. The van der Waals surface area contributed by atoms with E-state index in [2.05, 4.69) is 47.7 Å². The second-order valence-electron chi connectivity index (χ2n) is 5.90. The first-order valence-electron chi connectivity index (χ1n) is 7.84. The van der Waals surface area contributed by atoms with Crippen molar-refractivity contribution < 1.29 is 0 Å². The molecule has 0 bridgehead atoms. The Balaban J connectivity index is 1.59. The van der Waals surface area contributed by atoms with Crippen molar-refractivity contribution in [1.82, 2.24) is 30.1 Å². The summed E-state index contributed by atoms with van der Waals surface area (Å²) in [6, 6.07) is 10.5. The molecule has 0 spiro atoms. The summed E-state index contributed by atoms with van der Waals surface area (Å²) in [6.45, 7) is 7.04. The van der Waals surface area contributed by atoms with Crippen LogP contribution >= 0.6 is 0 Å². The van der Waals surface area contributed by atoms with E-state index in [0.29, 0.717) is 6.54 Å². The average molecular weight is 310 g/mol. The van der Waals surface area contributed by atoms with Gasteiger partial charge in [0.15, 0.2) is 0 Å². The van der Waals surface area contributed by atoms with Gasteiger partial charge in [0.1, 0.15) is 0 Å². The second kappa shape index (κ2) is 6.75. The molecule has 1 aromatic carbocycles. The summed E-state index contributed by atoms with van der Waals surface area (Å²) in [7, 11) is 0. The molecule has 0 saturated heterocycles. The molecular formula is C17H22N6. The van der Waals surface area contributed by atoms with E-state index in [-0.39, 0.29) is 12.1 Å². The predicted molar refractivity (Wildman–Crippen MR) is 89.3 cm³/mol. The van der Waals surface area contributed by atoms with Crippen molar-refractivity contribution in [3.63, 3.8) is 0 Å². The normalized spacial score (nSPS) is 13.9. The highest BCUT2D eigenvalue weighted by Crippen LogP contribution is 2.11. The van der Waals surface area contributed by atoms with Crippen LogP contribution in [0.15, 0.2) is 48.9 Å². The fourth-order valence-electron chi connectivity index (χ4n) is 2.41.